The lowest BCUT2D eigenvalue weighted by atomic mass is 10.1. The third-order valence-electron chi connectivity index (χ3n) is 3.33. The van der Waals surface area contributed by atoms with Gasteiger partial charge in [0.05, 0.1) is 0 Å². The van der Waals surface area contributed by atoms with Crippen molar-refractivity contribution in [3.63, 3.8) is 0 Å². The van der Waals surface area contributed by atoms with Crippen LogP contribution in [0.1, 0.15) is 11.1 Å². The molecule has 0 saturated heterocycles. The summed E-state index contributed by atoms with van der Waals surface area (Å²) in [5.41, 5.74) is 1.59. The lowest BCUT2D eigenvalue weighted by Crippen LogP contribution is -2.26. The van der Waals surface area contributed by atoms with Crippen molar-refractivity contribution in [3.05, 3.63) is 59.4 Å². The van der Waals surface area contributed by atoms with E-state index in [1.54, 1.807) is 25.1 Å². The van der Waals surface area contributed by atoms with Crippen molar-refractivity contribution in [3.8, 4) is 18.1 Å². The molecular weight excluding hydrogens is 329 g/mol. The molecule has 0 aliphatic carbocycles. The molecule has 24 heavy (non-hydrogen) atoms. The normalized spacial score (nSPS) is 11.0. The summed E-state index contributed by atoms with van der Waals surface area (Å²) >= 11 is 0. The third-order valence-corrected chi connectivity index (χ3v) is 4.82. The van der Waals surface area contributed by atoms with Gasteiger partial charge in [-0.1, -0.05) is 24.1 Å². The second-order valence-electron chi connectivity index (χ2n) is 5.22. The Kier molecular flexibility index (Phi) is 5.96. The summed E-state index contributed by atoms with van der Waals surface area (Å²) in [6.07, 6.45) is 5.59. The highest BCUT2D eigenvalue weighted by atomic mass is 32.2. The first-order chi connectivity index (χ1) is 11.4. The number of halogens is 1. The van der Waals surface area contributed by atoms with E-state index in [1.807, 2.05) is 12.1 Å². The zero-order valence-electron chi connectivity index (χ0n) is 13.3. The second-order valence-corrected chi connectivity index (χ2v) is 6.95. The van der Waals surface area contributed by atoms with E-state index in [9.17, 15) is 12.8 Å². The molecule has 0 unspecified atom stereocenters. The first-order valence-electron chi connectivity index (χ1n) is 7.33. The highest BCUT2D eigenvalue weighted by molar-refractivity contribution is 7.89. The Morgan fingerprint density at radius 1 is 1.21 bits per heavy atom. The molecule has 1 N–H and O–H groups in total. The molecule has 0 heterocycles. The van der Waals surface area contributed by atoms with Gasteiger partial charge in [0.25, 0.3) is 0 Å². The monoisotopic (exact) mass is 347 g/mol. The maximum Gasteiger partial charge on any atom is 0.243 e. The Morgan fingerprint density at radius 2 is 1.92 bits per heavy atom. The number of ether oxygens (including phenoxy) is 1. The van der Waals surface area contributed by atoms with E-state index >= 15 is 0 Å². The Balaban J connectivity index is 1.94. The molecule has 0 aromatic heterocycles. The van der Waals surface area contributed by atoms with E-state index in [-0.39, 0.29) is 18.0 Å². The maximum atomic E-state index is 13.8. The highest BCUT2D eigenvalue weighted by Gasteiger charge is 2.18. The van der Waals surface area contributed by atoms with Crippen LogP contribution in [0, 0.1) is 25.1 Å². The number of benzene rings is 2. The van der Waals surface area contributed by atoms with Gasteiger partial charge in [0, 0.05) is 6.54 Å². The van der Waals surface area contributed by atoms with Crippen LogP contribution in [-0.2, 0) is 16.4 Å². The Bertz CT molecular complexity index is 840. The van der Waals surface area contributed by atoms with Crippen molar-refractivity contribution in [2.45, 2.75) is 18.2 Å². The average molecular weight is 347 g/mol. The highest BCUT2D eigenvalue weighted by Crippen LogP contribution is 2.16. The Labute approximate surface area is 141 Å². The fourth-order valence-electron chi connectivity index (χ4n) is 2.11. The number of sulfonamides is 1. The Morgan fingerprint density at radius 3 is 2.54 bits per heavy atom. The van der Waals surface area contributed by atoms with Gasteiger partial charge in [-0.05, 0) is 48.7 Å². The first kappa shape index (κ1) is 18.0. The van der Waals surface area contributed by atoms with Gasteiger partial charge in [-0.3, -0.25) is 0 Å². The van der Waals surface area contributed by atoms with Crippen LogP contribution in [-0.4, -0.2) is 21.6 Å². The fraction of sp³-hybridized carbons (Fsp3) is 0.222. The van der Waals surface area contributed by atoms with Gasteiger partial charge < -0.3 is 4.74 Å². The predicted octanol–water partition coefficient (Wildman–Crippen LogP) is 2.67. The molecule has 0 radical (unpaired) electrons. The second kappa shape index (κ2) is 7.95. The molecule has 2 aromatic rings. The summed E-state index contributed by atoms with van der Waals surface area (Å²) in [7, 11) is -3.87. The summed E-state index contributed by atoms with van der Waals surface area (Å²) in [4.78, 5) is -0.342. The van der Waals surface area contributed by atoms with Crippen LogP contribution in [0.3, 0.4) is 0 Å². The predicted molar refractivity (Wildman–Crippen MR) is 90.8 cm³/mol. The minimum atomic E-state index is -3.87. The van der Waals surface area contributed by atoms with Gasteiger partial charge in [0.2, 0.25) is 10.0 Å². The zero-order valence-corrected chi connectivity index (χ0v) is 14.1. The largest absolute Gasteiger partial charge is 0.481 e. The Hall–Kier alpha value is -2.36. The quantitative estimate of drug-likeness (QED) is 0.784. The van der Waals surface area contributed by atoms with Crippen LogP contribution in [0.2, 0.25) is 0 Å². The van der Waals surface area contributed by atoms with E-state index in [0.717, 1.165) is 5.56 Å². The van der Waals surface area contributed by atoms with E-state index in [1.165, 1.54) is 12.1 Å². The van der Waals surface area contributed by atoms with Gasteiger partial charge in [-0.2, -0.15) is 0 Å². The summed E-state index contributed by atoms with van der Waals surface area (Å²) in [6.45, 7) is 2.06. The number of hydrogen-bond acceptors (Lipinski definition) is 3. The van der Waals surface area contributed by atoms with Crippen molar-refractivity contribution in [2.24, 2.45) is 0 Å². The zero-order chi connectivity index (χ0) is 17.6. The number of aryl methyl sites for hydroxylation is 1. The number of rotatable bonds is 7. The van der Waals surface area contributed by atoms with Gasteiger partial charge >= 0.3 is 0 Å². The fourth-order valence-corrected chi connectivity index (χ4v) is 3.20. The first-order valence-corrected chi connectivity index (χ1v) is 8.82. The standard InChI is InChI=1S/C18H18FNO3S/c1-3-12-23-16-7-5-15(6-8-16)10-11-20-24(21,22)18-9-4-14(2)13-17(18)19/h1,4-9,13,20H,10-12H2,2H3. The molecule has 0 amide bonds. The molecule has 2 rings (SSSR count). The molecular formula is C18H18FNO3S. The van der Waals surface area contributed by atoms with Crippen LogP contribution in [0.4, 0.5) is 4.39 Å². The smallest absolute Gasteiger partial charge is 0.243 e. The third kappa shape index (κ3) is 4.82. The number of nitrogens with one attached hydrogen (secondary N) is 1. The molecule has 0 saturated carbocycles. The van der Waals surface area contributed by atoms with Crippen molar-refractivity contribution in [1.82, 2.24) is 4.72 Å². The lowest BCUT2D eigenvalue weighted by molar-refractivity contribution is 0.370. The van der Waals surface area contributed by atoms with Crippen LogP contribution in [0.5, 0.6) is 5.75 Å². The summed E-state index contributed by atoms with van der Waals surface area (Å²) in [5, 5.41) is 0. The van der Waals surface area contributed by atoms with Crippen LogP contribution < -0.4 is 9.46 Å². The summed E-state index contributed by atoms with van der Waals surface area (Å²) in [6, 6.07) is 11.2. The van der Waals surface area contributed by atoms with Gasteiger partial charge in [0.15, 0.2) is 0 Å². The SMILES string of the molecule is C#CCOc1ccc(CCNS(=O)(=O)c2ccc(C)cc2F)cc1. The van der Waals surface area contributed by atoms with E-state index < -0.39 is 15.8 Å². The van der Waals surface area contributed by atoms with Gasteiger partial charge in [-0.25, -0.2) is 17.5 Å². The molecule has 0 aliphatic heterocycles. The van der Waals surface area contributed by atoms with E-state index in [2.05, 4.69) is 10.6 Å². The molecule has 0 fully saturated rings. The van der Waals surface area contributed by atoms with Crippen LogP contribution in [0.15, 0.2) is 47.4 Å². The van der Waals surface area contributed by atoms with E-state index in [0.29, 0.717) is 17.7 Å². The molecule has 0 bridgehead atoms. The average Bonchev–Trinajstić information content (AvgIpc) is 2.53. The molecule has 2 aromatic carbocycles. The molecule has 0 atom stereocenters. The summed E-state index contributed by atoms with van der Waals surface area (Å²) in [5.74, 6) is 2.28. The van der Waals surface area contributed by atoms with Gasteiger partial charge in [-0.15, -0.1) is 6.42 Å². The van der Waals surface area contributed by atoms with Crippen LogP contribution >= 0.6 is 0 Å². The van der Waals surface area contributed by atoms with E-state index in [4.69, 9.17) is 11.2 Å². The lowest BCUT2D eigenvalue weighted by Gasteiger charge is -2.09. The topological polar surface area (TPSA) is 55.4 Å². The molecule has 0 spiro atoms. The molecule has 0 aliphatic rings. The minimum absolute atomic E-state index is 0.167. The molecule has 6 heteroatoms. The maximum absolute atomic E-state index is 13.8. The minimum Gasteiger partial charge on any atom is -0.481 e. The van der Waals surface area contributed by atoms with Crippen molar-refractivity contribution in [1.29, 1.82) is 0 Å². The van der Waals surface area contributed by atoms with Crippen molar-refractivity contribution < 1.29 is 17.5 Å². The van der Waals surface area contributed by atoms with Crippen molar-refractivity contribution >= 4 is 10.0 Å². The van der Waals surface area contributed by atoms with Gasteiger partial charge in [0.1, 0.15) is 23.1 Å². The van der Waals surface area contributed by atoms with Crippen LogP contribution in [0.25, 0.3) is 0 Å². The summed E-state index contributed by atoms with van der Waals surface area (Å²) < 4.78 is 45.7. The molecule has 126 valence electrons. The number of hydrogen-bond donors (Lipinski definition) is 1. The molecule has 4 nitrogen and oxygen atoms in total. The number of terminal acetylenes is 1. The van der Waals surface area contributed by atoms with Crippen molar-refractivity contribution in [2.75, 3.05) is 13.2 Å².